The van der Waals surface area contributed by atoms with E-state index in [4.69, 9.17) is 9.47 Å². The number of esters is 1. The SMILES string of the molecule is CC/C=C\C/C=C\C/C=C\C/C=C\C/C=C\CCCCCCCCOCC(CO)OC(=O)CCCCCCCCC/C=C\CCCCCCCC. The predicted octanol–water partition coefficient (Wildman–Crippen LogP) is 14.2. The summed E-state index contributed by atoms with van der Waals surface area (Å²) in [6.45, 7) is 5.19. The van der Waals surface area contributed by atoms with E-state index in [-0.39, 0.29) is 19.2 Å². The number of aliphatic hydroxyl groups is 1. The van der Waals surface area contributed by atoms with Crippen molar-refractivity contribution in [1.29, 1.82) is 0 Å². The average molecular weight is 711 g/mol. The fourth-order valence-corrected chi connectivity index (χ4v) is 5.82. The molecule has 51 heavy (non-hydrogen) atoms. The molecule has 4 nitrogen and oxygen atoms in total. The second kappa shape index (κ2) is 44.0. The van der Waals surface area contributed by atoms with Crippen molar-refractivity contribution in [3.8, 4) is 0 Å². The maximum absolute atomic E-state index is 12.2. The molecular formula is C47H82O4. The summed E-state index contributed by atoms with van der Waals surface area (Å²) in [5, 5.41) is 9.60. The van der Waals surface area contributed by atoms with E-state index in [9.17, 15) is 9.90 Å². The number of allylic oxidation sites excluding steroid dienone is 12. The normalized spacial score (nSPS) is 13.1. The highest BCUT2D eigenvalue weighted by molar-refractivity contribution is 5.69. The first-order valence-corrected chi connectivity index (χ1v) is 21.5. The van der Waals surface area contributed by atoms with Crippen molar-refractivity contribution in [2.75, 3.05) is 19.8 Å². The number of unbranched alkanes of at least 4 members (excludes halogenated alkanes) is 19. The molecule has 0 saturated heterocycles. The van der Waals surface area contributed by atoms with Gasteiger partial charge in [0.05, 0.1) is 13.2 Å². The Labute approximate surface area is 317 Å². The van der Waals surface area contributed by atoms with Crippen molar-refractivity contribution in [2.24, 2.45) is 0 Å². The van der Waals surface area contributed by atoms with Gasteiger partial charge in [-0.25, -0.2) is 0 Å². The summed E-state index contributed by atoms with van der Waals surface area (Å²) in [6.07, 6.45) is 59.6. The number of carbonyl (C=O) groups is 1. The van der Waals surface area contributed by atoms with Crippen LogP contribution >= 0.6 is 0 Å². The molecule has 1 N–H and O–H groups in total. The lowest BCUT2D eigenvalue weighted by molar-refractivity contribution is -0.154. The first-order chi connectivity index (χ1) is 25.2. The van der Waals surface area contributed by atoms with E-state index >= 15 is 0 Å². The van der Waals surface area contributed by atoms with Crippen LogP contribution in [0.1, 0.15) is 194 Å². The van der Waals surface area contributed by atoms with Crippen LogP contribution in [0.15, 0.2) is 72.9 Å². The molecule has 294 valence electrons. The van der Waals surface area contributed by atoms with Gasteiger partial charge in [-0.1, -0.05) is 177 Å². The van der Waals surface area contributed by atoms with Gasteiger partial charge in [0.2, 0.25) is 0 Å². The summed E-state index contributed by atoms with van der Waals surface area (Å²) in [7, 11) is 0. The van der Waals surface area contributed by atoms with E-state index in [1.165, 1.54) is 109 Å². The average Bonchev–Trinajstić information content (AvgIpc) is 3.14. The summed E-state index contributed by atoms with van der Waals surface area (Å²) in [6, 6.07) is 0. The van der Waals surface area contributed by atoms with Gasteiger partial charge >= 0.3 is 5.97 Å². The van der Waals surface area contributed by atoms with Crippen LogP contribution in [0.5, 0.6) is 0 Å². The third-order valence-electron chi connectivity index (χ3n) is 9.02. The highest BCUT2D eigenvalue weighted by atomic mass is 16.6. The zero-order chi connectivity index (χ0) is 37.0. The zero-order valence-corrected chi connectivity index (χ0v) is 33.6. The van der Waals surface area contributed by atoms with E-state index in [0.717, 1.165) is 64.2 Å². The van der Waals surface area contributed by atoms with Gasteiger partial charge in [0.1, 0.15) is 6.10 Å². The molecule has 0 heterocycles. The molecule has 0 aromatic rings. The second-order valence-corrected chi connectivity index (χ2v) is 14.0. The Morgan fingerprint density at radius 1 is 0.490 bits per heavy atom. The lowest BCUT2D eigenvalue weighted by Gasteiger charge is -2.15. The number of rotatable bonds is 39. The maximum Gasteiger partial charge on any atom is 0.306 e. The van der Waals surface area contributed by atoms with Crippen LogP contribution in [0.2, 0.25) is 0 Å². The molecule has 1 atom stereocenters. The van der Waals surface area contributed by atoms with E-state index in [1.54, 1.807) is 0 Å². The van der Waals surface area contributed by atoms with Gasteiger partial charge in [0, 0.05) is 13.0 Å². The monoisotopic (exact) mass is 711 g/mol. The van der Waals surface area contributed by atoms with Crippen LogP contribution in [0.25, 0.3) is 0 Å². The van der Waals surface area contributed by atoms with Gasteiger partial charge < -0.3 is 14.6 Å². The molecule has 0 aliphatic rings. The molecule has 0 amide bonds. The maximum atomic E-state index is 12.2. The van der Waals surface area contributed by atoms with Gasteiger partial charge in [-0.3, -0.25) is 4.79 Å². The first-order valence-electron chi connectivity index (χ1n) is 21.5. The quantitative estimate of drug-likeness (QED) is 0.0392. The summed E-state index contributed by atoms with van der Waals surface area (Å²) < 4.78 is 11.2. The van der Waals surface area contributed by atoms with Crippen LogP contribution < -0.4 is 0 Å². The number of hydrogen-bond acceptors (Lipinski definition) is 4. The van der Waals surface area contributed by atoms with Crippen molar-refractivity contribution < 1.29 is 19.4 Å². The molecule has 0 spiro atoms. The molecule has 0 fully saturated rings. The van der Waals surface area contributed by atoms with Gasteiger partial charge in [0.15, 0.2) is 0 Å². The summed E-state index contributed by atoms with van der Waals surface area (Å²) in [4.78, 5) is 12.2. The molecule has 0 saturated carbocycles. The van der Waals surface area contributed by atoms with Crippen molar-refractivity contribution >= 4 is 5.97 Å². The standard InChI is InChI=1S/C47H82O4/c1-3-5-7-9-11-13-15-17-19-21-22-23-24-25-27-29-31-33-35-37-39-41-43-50-45-46(44-48)51-47(49)42-40-38-36-34-32-30-28-26-20-18-16-14-12-10-8-6-4-2/h5,7,11,13,17-20,22-23,25,27,46,48H,3-4,6,8-10,12,14-16,21,24,26,28-45H2,1-2H3/b7-5-,13-11-,19-17-,20-18-,23-22-,27-25-. The van der Waals surface area contributed by atoms with Gasteiger partial charge in [-0.15, -0.1) is 0 Å². The lowest BCUT2D eigenvalue weighted by atomic mass is 10.1. The highest BCUT2D eigenvalue weighted by Crippen LogP contribution is 2.13. The summed E-state index contributed by atoms with van der Waals surface area (Å²) in [5.41, 5.74) is 0. The lowest BCUT2D eigenvalue weighted by Crippen LogP contribution is -2.27. The minimum absolute atomic E-state index is 0.183. The minimum atomic E-state index is -0.548. The number of aliphatic hydroxyl groups excluding tert-OH is 1. The third-order valence-corrected chi connectivity index (χ3v) is 9.02. The van der Waals surface area contributed by atoms with Crippen LogP contribution in [0.3, 0.4) is 0 Å². The Balaban J connectivity index is 3.50. The topological polar surface area (TPSA) is 55.8 Å². The molecule has 0 aromatic carbocycles. The van der Waals surface area contributed by atoms with Gasteiger partial charge in [-0.05, 0) is 83.5 Å². The smallest absolute Gasteiger partial charge is 0.306 e. The Morgan fingerprint density at radius 2 is 0.882 bits per heavy atom. The highest BCUT2D eigenvalue weighted by Gasteiger charge is 2.13. The summed E-state index contributed by atoms with van der Waals surface area (Å²) in [5.74, 6) is -0.213. The Morgan fingerprint density at radius 3 is 1.35 bits per heavy atom. The molecule has 0 aliphatic carbocycles. The van der Waals surface area contributed by atoms with Crippen molar-refractivity contribution in [3.05, 3.63) is 72.9 Å². The van der Waals surface area contributed by atoms with Crippen LogP contribution in [0.4, 0.5) is 0 Å². The predicted molar refractivity (Wildman–Crippen MR) is 223 cm³/mol. The van der Waals surface area contributed by atoms with Crippen LogP contribution in [-0.2, 0) is 14.3 Å². The molecule has 0 radical (unpaired) electrons. The zero-order valence-electron chi connectivity index (χ0n) is 33.6. The van der Waals surface area contributed by atoms with Gasteiger partial charge in [0.25, 0.3) is 0 Å². The molecule has 0 aliphatic heterocycles. The molecule has 4 heteroatoms. The number of carbonyl (C=O) groups excluding carboxylic acids is 1. The Hall–Kier alpha value is -2.17. The van der Waals surface area contributed by atoms with E-state index in [2.05, 4.69) is 86.8 Å². The molecule has 0 aromatic heterocycles. The first kappa shape index (κ1) is 48.8. The van der Waals surface area contributed by atoms with Crippen molar-refractivity contribution in [3.63, 3.8) is 0 Å². The second-order valence-electron chi connectivity index (χ2n) is 14.0. The Bertz CT molecular complexity index is 881. The minimum Gasteiger partial charge on any atom is -0.457 e. The summed E-state index contributed by atoms with van der Waals surface area (Å²) >= 11 is 0. The third kappa shape index (κ3) is 42.1. The van der Waals surface area contributed by atoms with E-state index < -0.39 is 6.10 Å². The van der Waals surface area contributed by atoms with Crippen molar-refractivity contribution in [1.82, 2.24) is 0 Å². The van der Waals surface area contributed by atoms with E-state index in [0.29, 0.717) is 13.0 Å². The van der Waals surface area contributed by atoms with E-state index in [1.807, 2.05) is 0 Å². The molecular weight excluding hydrogens is 629 g/mol. The molecule has 1 unspecified atom stereocenters. The largest absolute Gasteiger partial charge is 0.457 e. The van der Waals surface area contributed by atoms with Gasteiger partial charge in [-0.2, -0.15) is 0 Å². The molecule has 0 rings (SSSR count). The number of ether oxygens (including phenoxy) is 2. The molecule has 0 bridgehead atoms. The van der Waals surface area contributed by atoms with Crippen LogP contribution in [-0.4, -0.2) is 37.0 Å². The number of hydrogen-bond donors (Lipinski definition) is 1. The van der Waals surface area contributed by atoms with Crippen molar-refractivity contribution in [2.45, 2.75) is 200 Å². The Kier molecular flexibility index (Phi) is 42.1. The fraction of sp³-hybridized carbons (Fsp3) is 0.723. The fourth-order valence-electron chi connectivity index (χ4n) is 5.82. The van der Waals surface area contributed by atoms with Crippen LogP contribution in [0, 0.1) is 0 Å².